The average molecular weight is 552 g/mol. The molecule has 2 aliphatic rings. The Morgan fingerprint density at radius 3 is 2.56 bits per heavy atom. The number of anilines is 3. The van der Waals surface area contributed by atoms with Crippen molar-refractivity contribution >= 4 is 45.7 Å². The summed E-state index contributed by atoms with van der Waals surface area (Å²) in [5.41, 5.74) is 11.8. The molecule has 3 heterocycles. The molecule has 41 heavy (non-hydrogen) atoms. The number of nitrogens with zero attached hydrogens (tertiary/aromatic N) is 1. The first kappa shape index (κ1) is 27.6. The van der Waals surface area contributed by atoms with Gasteiger partial charge in [0.2, 0.25) is 11.8 Å². The summed E-state index contributed by atoms with van der Waals surface area (Å²) >= 11 is 0. The number of hydrogen-bond donors (Lipinski definition) is 5. The number of aromatic nitrogens is 1. The maximum Gasteiger partial charge on any atom is 0.305 e. The van der Waals surface area contributed by atoms with Crippen LogP contribution in [0.3, 0.4) is 0 Å². The lowest BCUT2D eigenvalue weighted by Crippen LogP contribution is -2.37. The van der Waals surface area contributed by atoms with Crippen molar-refractivity contribution in [2.24, 2.45) is 0 Å². The number of carboxylic acids is 1. The van der Waals surface area contributed by atoms with Crippen LogP contribution in [0.15, 0.2) is 66.9 Å². The highest BCUT2D eigenvalue weighted by Crippen LogP contribution is 2.30. The number of aryl methyl sites for hydroxylation is 2. The lowest BCUT2D eigenvalue weighted by atomic mass is 9.92. The van der Waals surface area contributed by atoms with Crippen molar-refractivity contribution in [3.63, 3.8) is 0 Å². The Morgan fingerprint density at radius 2 is 1.80 bits per heavy atom. The summed E-state index contributed by atoms with van der Waals surface area (Å²) < 4.78 is 0. The van der Waals surface area contributed by atoms with E-state index in [-0.39, 0.29) is 18.2 Å². The molecule has 9 nitrogen and oxygen atoms in total. The number of pyridine rings is 1. The molecule has 0 saturated heterocycles. The van der Waals surface area contributed by atoms with Crippen molar-refractivity contribution in [2.75, 3.05) is 16.4 Å². The molecule has 4 aromatic rings. The number of aliphatic carboxylic acids is 1. The van der Waals surface area contributed by atoms with Crippen LogP contribution in [0.5, 0.6) is 0 Å². The van der Waals surface area contributed by atoms with Crippen molar-refractivity contribution in [2.45, 2.75) is 51.6 Å². The zero-order valence-corrected chi connectivity index (χ0v) is 23.0. The second-order valence-electron chi connectivity index (χ2n) is 10.5. The molecule has 0 saturated carbocycles. The summed E-state index contributed by atoms with van der Waals surface area (Å²) in [6.07, 6.45) is 3.07. The third-order valence-electron chi connectivity index (χ3n) is 7.52. The van der Waals surface area contributed by atoms with Gasteiger partial charge in [0.25, 0.3) is 0 Å². The predicted octanol–water partition coefficient (Wildman–Crippen LogP) is 5.19. The van der Waals surface area contributed by atoms with E-state index in [2.05, 4.69) is 20.9 Å². The van der Waals surface area contributed by atoms with Gasteiger partial charge >= 0.3 is 5.97 Å². The number of carboxylic acid groups (broad SMARTS) is 1. The lowest BCUT2D eigenvalue weighted by molar-refractivity contribution is -0.137. The van der Waals surface area contributed by atoms with Gasteiger partial charge in [-0.3, -0.25) is 14.4 Å². The Bertz CT molecular complexity index is 1630. The van der Waals surface area contributed by atoms with Crippen LogP contribution in [0.4, 0.5) is 17.2 Å². The number of benzene rings is 3. The highest BCUT2D eigenvalue weighted by molar-refractivity contribution is 5.94. The summed E-state index contributed by atoms with van der Waals surface area (Å²) in [4.78, 5) is 42.6. The second kappa shape index (κ2) is 11.7. The van der Waals surface area contributed by atoms with E-state index in [4.69, 9.17) is 5.73 Å². The normalized spacial score (nSPS) is 17.6. The Labute approximate surface area is 238 Å². The van der Waals surface area contributed by atoms with Crippen molar-refractivity contribution in [1.82, 2.24) is 10.3 Å². The average Bonchev–Trinajstić information content (AvgIpc) is 2.92. The maximum atomic E-state index is 14.0. The topological polar surface area (TPSA) is 146 Å². The molecule has 0 aliphatic carbocycles. The molecule has 0 fully saturated rings. The van der Waals surface area contributed by atoms with Gasteiger partial charge in [-0.15, -0.1) is 0 Å². The first-order chi connectivity index (χ1) is 19.7. The number of nitrogens with one attached hydrogen (secondary N) is 3. The van der Waals surface area contributed by atoms with Gasteiger partial charge in [0.05, 0.1) is 12.5 Å². The minimum absolute atomic E-state index is 0.114. The van der Waals surface area contributed by atoms with Gasteiger partial charge in [0.15, 0.2) is 0 Å². The van der Waals surface area contributed by atoms with Gasteiger partial charge in [0.1, 0.15) is 11.9 Å². The van der Waals surface area contributed by atoms with Crippen molar-refractivity contribution in [1.29, 1.82) is 0 Å². The van der Waals surface area contributed by atoms with Gasteiger partial charge in [-0.25, -0.2) is 4.98 Å². The number of rotatable bonds is 4. The lowest BCUT2D eigenvalue weighted by Gasteiger charge is -2.26. The first-order valence-electron chi connectivity index (χ1n) is 13.6. The minimum Gasteiger partial charge on any atom is -0.481 e. The van der Waals surface area contributed by atoms with Gasteiger partial charge in [-0.2, -0.15) is 0 Å². The van der Waals surface area contributed by atoms with Crippen LogP contribution in [0.2, 0.25) is 0 Å². The van der Waals surface area contributed by atoms with Gasteiger partial charge in [-0.1, -0.05) is 24.3 Å². The van der Waals surface area contributed by atoms with Crippen LogP contribution in [-0.2, 0) is 20.8 Å². The highest BCUT2D eigenvalue weighted by atomic mass is 16.4. The van der Waals surface area contributed by atoms with Crippen LogP contribution in [0.25, 0.3) is 10.8 Å². The summed E-state index contributed by atoms with van der Waals surface area (Å²) in [5, 5.41) is 20.6. The Hall–Kier alpha value is -4.92. The van der Waals surface area contributed by atoms with Crippen LogP contribution >= 0.6 is 0 Å². The van der Waals surface area contributed by atoms with Gasteiger partial charge < -0.3 is 26.8 Å². The van der Waals surface area contributed by atoms with E-state index >= 15 is 0 Å². The smallest absolute Gasteiger partial charge is 0.305 e. The van der Waals surface area contributed by atoms with E-state index in [1.807, 2.05) is 50.2 Å². The molecule has 2 aliphatic heterocycles. The third-order valence-corrected chi connectivity index (χ3v) is 7.52. The van der Waals surface area contributed by atoms with Crippen LogP contribution in [0.1, 0.15) is 59.2 Å². The van der Waals surface area contributed by atoms with E-state index in [1.54, 1.807) is 30.5 Å². The zero-order chi connectivity index (χ0) is 29.1. The first-order valence-corrected chi connectivity index (χ1v) is 13.6. The highest BCUT2D eigenvalue weighted by Gasteiger charge is 2.27. The quantitative estimate of drug-likeness (QED) is 0.234. The fourth-order valence-corrected chi connectivity index (χ4v) is 5.51. The number of nitrogens with two attached hydrogens (primary N) is 1. The number of hydrogen-bond acceptors (Lipinski definition) is 6. The molecule has 1 unspecified atom stereocenters. The number of carbonyl (C=O) groups excluding carboxylic acids is 2. The maximum absolute atomic E-state index is 14.0. The van der Waals surface area contributed by atoms with E-state index < -0.39 is 18.1 Å². The molecular formula is C32H33N5O4. The molecular weight excluding hydrogens is 518 g/mol. The van der Waals surface area contributed by atoms with Gasteiger partial charge in [-0.05, 0) is 96.3 Å². The summed E-state index contributed by atoms with van der Waals surface area (Å²) in [6.45, 7) is 4.02. The van der Waals surface area contributed by atoms with E-state index in [9.17, 15) is 19.5 Å². The van der Waals surface area contributed by atoms with E-state index in [1.165, 1.54) is 0 Å². The van der Waals surface area contributed by atoms with Crippen LogP contribution < -0.4 is 21.7 Å². The summed E-state index contributed by atoms with van der Waals surface area (Å²) in [7, 11) is 0. The molecule has 3 aromatic carbocycles. The number of fused-ring (bicyclic) bond motifs is 10. The van der Waals surface area contributed by atoms with E-state index in [0.29, 0.717) is 35.6 Å². The number of amides is 2. The van der Waals surface area contributed by atoms with Crippen LogP contribution in [-0.4, -0.2) is 27.9 Å². The molecule has 2 amide bonds. The fraction of sp³-hybridized carbons (Fsp3) is 0.250. The molecule has 4 bridgehead atoms. The molecule has 0 radical (unpaired) electrons. The Balaban J connectivity index is 1.59. The molecule has 2 atom stereocenters. The molecule has 6 rings (SSSR count). The van der Waals surface area contributed by atoms with Crippen molar-refractivity contribution < 1.29 is 19.5 Å². The molecule has 6 N–H and O–H groups in total. The SMILES string of the molecule is Cc1cc2cc(C)c1CCCC(=O)Nc1cccc(c1)C(CC(=O)O)NC(=O)[C@@H]2Nc1ccc2c(N)nccc2c1. The molecule has 1 aromatic heterocycles. The van der Waals surface area contributed by atoms with Crippen LogP contribution in [0, 0.1) is 13.8 Å². The Kier molecular flexibility index (Phi) is 7.87. The fourth-order valence-electron chi connectivity index (χ4n) is 5.51. The number of nitrogen functional groups attached to an aromatic ring is 1. The largest absolute Gasteiger partial charge is 0.481 e. The monoisotopic (exact) mass is 551 g/mol. The summed E-state index contributed by atoms with van der Waals surface area (Å²) in [5.74, 6) is -1.12. The molecule has 9 heteroatoms. The standard InChI is InChI=1S/C32H33N5O4/c1-18-13-22-14-19(2)25(18)7-4-8-28(38)35-23-6-3-5-21(16-23)27(17-29(39)40)37-32(41)30(22)36-24-9-10-26-20(15-24)11-12-34-31(26)33/h3,5-6,9-16,27,30,36H,4,7-8,17H2,1-2H3,(H2,33,34)(H,35,38)(H,37,41)(H,39,40)/t27?,30-/m1/s1. The van der Waals surface area contributed by atoms with Crippen molar-refractivity contribution in [3.8, 4) is 0 Å². The second-order valence-corrected chi connectivity index (χ2v) is 10.5. The molecule has 210 valence electrons. The van der Waals surface area contributed by atoms with E-state index in [0.717, 1.165) is 39.4 Å². The third kappa shape index (κ3) is 6.30. The zero-order valence-electron chi connectivity index (χ0n) is 23.0. The van der Waals surface area contributed by atoms with Gasteiger partial charge in [0, 0.05) is 29.4 Å². The molecule has 0 spiro atoms. The van der Waals surface area contributed by atoms with Crippen molar-refractivity contribution in [3.05, 3.63) is 94.7 Å². The Morgan fingerprint density at radius 1 is 1.02 bits per heavy atom. The minimum atomic E-state index is -1.06. The summed E-state index contributed by atoms with van der Waals surface area (Å²) in [6, 6.07) is 16.8. The predicted molar refractivity (Wildman–Crippen MR) is 160 cm³/mol. The number of carbonyl (C=O) groups is 3.